The Hall–Kier alpha value is -1.61. The molecule has 2 aromatic rings. The monoisotopic (exact) mass is 288 g/mol. The van der Waals surface area contributed by atoms with Crippen LogP contribution >= 0.6 is 15.9 Å². The van der Waals surface area contributed by atoms with Crippen molar-refractivity contribution < 1.29 is 9.53 Å². The maximum Gasteiger partial charge on any atom is 0.171 e. The van der Waals surface area contributed by atoms with Crippen LogP contribution in [0.1, 0.15) is 15.9 Å². The highest BCUT2D eigenvalue weighted by molar-refractivity contribution is 9.10. The lowest BCUT2D eigenvalue weighted by atomic mass is 10.0. The molecule has 0 amide bonds. The Kier molecular flexibility index (Phi) is 2.48. The smallest absolute Gasteiger partial charge is 0.171 e. The number of benzene rings is 2. The molecule has 0 radical (unpaired) electrons. The maximum atomic E-state index is 12.1. The SMILES string of the molecule is O=C1Cc2ccccc2Oc2ccc(Br)cc21. The van der Waals surface area contributed by atoms with Crippen molar-refractivity contribution in [2.75, 3.05) is 0 Å². The Bertz CT molecular complexity index is 605. The fourth-order valence-electron chi connectivity index (χ4n) is 1.95. The van der Waals surface area contributed by atoms with Crippen molar-refractivity contribution in [2.24, 2.45) is 0 Å². The summed E-state index contributed by atoms with van der Waals surface area (Å²) < 4.78 is 6.67. The number of para-hydroxylation sites is 1. The van der Waals surface area contributed by atoms with Gasteiger partial charge in [0.1, 0.15) is 11.5 Å². The number of halogens is 1. The van der Waals surface area contributed by atoms with E-state index < -0.39 is 0 Å². The summed E-state index contributed by atoms with van der Waals surface area (Å²) in [4.78, 5) is 12.1. The minimum atomic E-state index is 0.0891. The van der Waals surface area contributed by atoms with Gasteiger partial charge in [-0.05, 0) is 24.3 Å². The average Bonchev–Trinajstić information content (AvgIpc) is 2.46. The van der Waals surface area contributed by atoms with Gasteiger partial charge in [0.2, 0.25) is 0 Å². The summed E-state index contributed by atoms with van der Waals surface area (Å²) in [5, 5.41) is 0. The minimum Gasteiger partial charge on any atom is -0.456 e. The maximum absolute atomic E-state index is 12.1. The third-order valence-electron chi connectivity index (χ3n) is 2.79. The molecule has 0 atom stereocenters. The standard InChI is InChI=1S/C14H9BrO2/c15-10-5-6-14-11(8-10)12(16)7-9-3-1-2-4-13(9)17-14/h1-6,8H,7H2. The molecule has 2 aromatic carbocycles. The Morgan fingerprint density at radius 2 is 1.88 bits per heavy atom. The van der Waals surface area contributed by atoms with Gasteiger partial charge >= 0.3 is 0 Å². The zero-order valence-corrected chi connectivity index (χ0v) is 10.5. The van der Waals surface area contributed by atoms with E-state index in [0.717, 1.165) is 15.8 Å². The summed E-state index contributed by atoms with van der Waals surface area (Å²) in [5.41, 5.74) is 1.57. The lowest BCUT2D eigenvalue weighted by Gasteiger charge is -2.07. The van der Waals surface area contributed by atoms with Gasteiger partial charge in [0.15, 0.2) is 5.78 Å². The Morgan fingerprint density at radius 3 is 2.76 bits per heavy atom. The van der Waals surface area contributed by atoms with E-state index in [0.29, 0.717) is 17.7 Å². The van der Waals surface area contributed by atoms with Crippen molar-refractivity contribution >= 4 is 21.7 Å². The highest BCUT2D eigenvalue weighted by Crippen LogP contribution is 2.34. The number of hydrogen-bond donors (Lipinski definition) is 0. The van der Waals surface area contributed by atoms with Crippen LogP contribution < -0.4 is 4.74 Å². The summed E-state index contributed by atoms with van der Waals surface area (Å²) in [7, 11) is 0. The van der Waals surface area contributed by atoms with Gasteiger partial charge in [-0.15, -0.1) is 0 Å². The number of rotatable bonds is 0. The van der Waals surface area contributed by atoms with E-state index in [4.69, 9.17) is 4.74 Å². The number of Topliss-reactive ketones (excluding diaryl/α,β-unsaturated/α-hetero) is 1. The molecule has 0 N–H and O–H groups in total. The molecular weight excluding hydrogens is 280 g/mol. The third-order valence-corrected chi connectivity index (χ3v) is 3.28. The highest BCUT2D eigenvalue weighted by Gasteiger charge is 2.20. The summed E-state index contributed by atoms with van der Waals surface area (Å²) in [6, 6.07) is 13.1. The predicted molar refractivity (Wildman–Crippen MR) is 68.7 cm³/mol. The summed E-state index contributed by atoms with van der Waals surface area (Å²) >= 11 is 3.37. The Balaban J connectivity index is 2.17. The molecular formula is C14H9BrO2. The van der Waals surface area contributed by atoms with Crippen molar-refractivity contribution in [3.8, 4) is 11.5 Å². The Labute approximate surface area is 107 Å². The van der Waals surface area contributed by atoms with Crippen LogP contribution in [0, 0.1) is 0 Å². The van der Waals surface area contributed by atoms with Crippen LogP contribution in [0.3, 0.4) is 0 Å². The molecule has 0 aliphatic carbocycles. The van der Waals surface area contributed by atoms with Crippen molar-refractivity contribution in [3.05, 3.63) is 58.1 Å². The van der Waals surface area contributed by atoms with Crippen molar-refractivity contribution in [2.45, 2.75) is 6.42 Å². The topological polar surface area (TPSA) is 26.3 Å². The molecule has 0 aromatic heterocycles. The zero-order chi connectivity index (χ0) is 11.8. The molecule has 1 heterocycles. The van der Waals surface area contributed by atoms with Crippen LogP contribution in [0.4, 0.5) is 0 Å². The number of carbonyl (C=O) groups excluding carboxylic acids is 1. The summed E-state index contributed by atoms with van der Waals surface area (Å²) in [5.74, 6) is 1.48. The molecule has 0 fully saturated rings. The van der Waals surface area contributed by atoms with E-state index >= 15 is 0 Å². The average molecular weight is 289 g/mol. The second-order valence-corrected chi connectivity index (χ2v) is 4.87. The summed E-state index contributed by atoms with van der Waals surface area (Å²) in [6.07, 6.45) is 0.389. The minimum absolute atomic E-state index is 0.0891. The first-order chi connectivity index (χ1) is 8.24. The second kappa shape index (κ2) is 4.00. The van der Waals surface area contributed by atoms with Crippen LogP contribution in [-0.4, -0.2) is 5.78 Å². The first-order valence-corrected chi connectivity index (χ1v) is 6.12. The molecule has 2 nitrogen and oxygen atoms in total. The van der Waals surface area contributed by atoms with Crippen LogP contribution in [0.25, 0.3) is 0 Å². The van der Waals surface area contributed by atoms with E-state index in [1.165, 1.54) is 0 Å². The fourth-order valence-corrected chi connectivity index (χ4v) is 2.31. The van der Waals surface area contributed by atoms with Gasteiger partial charge < -0.3 is 4.74 Å². The summed E-state index contributed by atoms with van der Waals surface area (Å²) in [6.45, 7) is 0. The van der Waals surface area contributed by atoms with Crippen LogP contribution in [0.5, 0.6) is 11.5 Å². The molecule has 1 aliphatic rings. The molecule has 1 aliphatic heterocycles. The van der Waals surface area contributed by atoms with Crippen molar-refractivity contribution in [1.29, 1.82) is 0 Å². The number of fused-ring (bicyclic) bond motifs is 2. The van der Waals surface area contributed by atoms with Crippen molar-refractivity contribution in [1.82, 2.24) is 0 Å². The van der Waals surface area contributed by atoms with E-state index in [-0.39, 0.29) is 5.78 Å². The molecule has 0 saturated heterocycles. The molecule has 0 bridgehead atoms. The largest absolute Gasteiger partial charge is 0.456 e. The zero-order valence-electron chi connectivity index (χ0n) is 8.94. The lowest BCUT2D eigenvalue weighted by Crippen LogP contribution is -2.01. The second-order valence-electron chi connectivity index (χ2n) is 3.95. The van der Waals surface area contributed by atoms with Gasteiger partial charge in [0.25, 0.3) is 0 Å². The van der Waals surface area contributed by atoms with Gasteiger partial charge in [-0.25, -0.2) is 0 Å². The number of ether oxygens (including phenoxy) is 1. The molecule has 3 heteroatoms. The van der Waals surface area contributed by atoms with Gasteiger partial charge in [-0.1, -0.05) is 34.1 Å². The van der Waals surface area contributed by atoms with E-state index in [9.17, 15) is 4.79 Å². The highest BCUT2D eigenvalue weighted by atomic mass is 79.9. The quantitative estimate of drug-likeness (QED) is 0.733. The molecule has 17 heavy (non-hydrogen) atoms. The molecule has 0 spiro atoms. The van der Waals surface area contributed by atoms with E-state index in [1.54, 1.807) is 0 Å². The first kappa shape index (κ1) is 10.5. The van der Waals surface area contributed by atoms with Gasteiger partial charge in [-0.3, -0.25) is 4.79 Å². The predicted octanol–water partition coefficient (Wildman–Crippen LogP) is 3.98. The first-order valence-electron chi connectivity index (χ1n) is 5.32. The van der Waals surface area contributed by atoms with Crippen molar-refractivity contribution in [3.63, 3.8) is 0 Å². The van der Waals surface area contributed by atoms with E-state index in [2.05, 4.69) is 15.9 Å². The van der Waals surface area contributed by atoms with Gasteiger partial charge in [0, 0.05) is 16.5 Å². The van der Waals surface area contributed by atoms with Gasteiger partial charge in [0.05, 0.1) is 5.56 Å². The van der Waals surface area contributed by atoms with Crippen LogP contribution in [0.2, 0.25) is 0 Å². The van der Waals surface area contributed by atoms with Gasteiger partial charge in [-0.2, -0.15) is 0 Å². The number of hydrogen-bond acceptors (Lipinski definition) is 2. The molecule has 84 valence electrons. The molecule has 0 unspecified atom stereocenters. The number of carbonyl (C=O) groups is 1. The third kappa shape index (κ3) is 1.87. The fraction of sp³-hybridized carbons (Fsp3) is 0.0714. The normalized spacial score (nSPS) is 13.4. The van der Waals surface area contributed by atoms with Crippen LogP contribution in [-0.2, 0) is 6.42 Å². The van der Waals surface area contributed by atoms with Crippen LogP contribution in [0.15, 0.2) is 46.9 Å². The Morgan fingerprint density at radius 1 is 1.06 bits per heavy atom. The van der Waals surface area contributed by atoms with E-state index in [1.807, 2.05) is 42.5 Å². The molecule has 3 rings (SSSR count). The number of ketones is 1. The lowest BCUT2D eigenvalue weighted by molar-refractivity contribution is 0.0993. The molecule has 0 saturated carbocycles.